The van der Waals surface area contributed by atoms with Crippen LogP contribution in [0.4, 0.5) is 5.69 Å². The van der Waals surface area contributed by atoms with Crippen molar-refractivity contribution in [2.45, 2.75) is 18.4 Å². The number of thioether (sulfide) groups is 1. The van der Waals surface area contributed by atoms with Gasteiger partial charge in [0.1, 0.15) is 5.03 Å². The second-order valence-electron chi connectivity index (χ2n) is 6.92. The zero-order valence-corrected chi connectivity index (χ0v) is 18.8. The summed E-state index contributed by atoms with van der Waals surface area (Å²) >= 11 is 1.35. The second kappa shape index (κ2) is 9.69. The third-order valence-electron chi connectivity index (χ3n) is 4.88. The van der Waals surface area contributed by atoms with Crippen LogP contribution in [0.2, 0.25) is 0 Å². The molecule has 1 N–H and O–H groups in total. The van der Waals surface area contributed by atoms with E-state index in [9.17, 15) is 4.79 Å². The molecule has 0 fully saturated rings. The van der Waals surface area contributed by atoms with Crippen molar-refractivity contribution in [3.05, 3.63) is 60.2 Å². The molecule has 0 atom stereocenters. The topological polar surface area (TPSA) is 90.6 Å². The zero-order chi connectivity index (χ0) is 22.5. The van der Waals surface area contributed by atoms with Crippen molar-refractivity contribution in [2.24, 2.45) is 0 Å². The van der Waals surface area contributed by atoms with Crippen molar-refractivity contribution in [3.63, 3.8) is 0 Å². The molecule has 32 heavy (non-hydrogen) atoms. The predicted molar refractivity (Wildman–Crippen MR) is 124 cm³/mol. The Bertz CT molecular complexity index is 1240. The Kier molecular flexibility index (Phi) is 6.55. The minimum Gasteiger partial charge on any atom is -0.493 e. The van der Waals surface area contributed by atoms with Gasteiger partial charge in [-0.3, -0.25) is 4.79 Å². The average Bonchev–Trinajstić information content (AvgIpc) is 3.26. The lowest BCUT2D eigenvalue weighted by atomic mass is 10.1. The van der Waals surface area contributed by atoms with E-state index in [0.29, 0.717) is 28.0 Å². The molecule has 0 saturated heterocycles. The summed E-state index contributed by atoms with van der Waals surface area (Å²) in [6, 6.07) is 17.0. The smallest absolute Gasteiger partial charge is 0.234 e. The Hall–Kier alpha value is -3.59. The van der Waals surface area contributed by atoms with Gasteiger partial charge in [-0.15, -0.1) is 10.2 Å². The number of aromatic nitrogens is 4. The van der Waals surface area contributed by atoms with Gasteiger partial charge < -0.3 is 14.8 Å². The lowest BCUT2D eigenvalue weighted by Crippen LogP contribution is -2.14. The van der Waals surface area contributed by atoms with Gasteiger partial charge in [0, 0.05) is 11.3 Å². The minimum atomic E-state index is -0.0926. The predicted octanol–water partition coefficient (Wildman–Crippen LogP) is 4.10. The molecule has 0 spiro atoms. The number of amides is 1. The highest BCUT2D eigenvalue weighted by molar-refractivity contribution is 7.99. The Morgan fingerprint density at radius 2 is 1.78 bits per heavy atom. The highest BCUT2D eigenvalue weighted by Crippen LogP contribution is 2.31. The Morgan fingerprint density at radius 1 is 1.00 bits per heavy atom. The molecule has 1 amide bonds. The molecule has 8 nitrogen and oxygen atoms in total. The summed E-state index contributed by atoms with van der Waals surface area (Å²) < 4.78 is 12.3. The van der Waals surface area contributed by atoms with Crippen molar-refractivity contribution < 1.29 is 14.3 Å². The number of ether oxygens (including phenoxy) is 2. The molecular formula is C23H23N5O3S. The number of anilines is 1. The number of hydrogen-bond donors (Lipinski definition) is 1. The summed E-state index contributed by atoms with van der Waals surface area (Å²) in [6.45, 7) is 2.10. The van der Waals surface area contributed by atoms with E-state index in [4.69, 9.17) is 9.47 Å². The summed E-state index contributed by atoms with van der Waals surface area (Å²) in [5, 5.41) is 16.7. The van der Waals surface area contributed by atoms with Gasteiger partial charge in [-0.05, 0) is 54.4 Å². The number of carbonyl (C=O) groups is 1. The molecular weight excluding hydrogens is 426 g/mol. The number of carbonyl (C=O) groups excluding carboxylic acids is 1. The highest BCUT2D eigenvalue weighted by atomic mass is 32.2. The summed E-state index contributed by atoms with van der Waals surface area (Å²) in [5.41, 5.74) is 3.41. The molecule has 0 aliphatic heterocycles. The normalized spacial score (nSPS) is 10.8. The number of nitrogens with one attached hydrogen (secondary N) is 1. The fraction of sp³-hybridized carbons (Fsp3) is 0.217. The van der Waals surface area contributed by atoms with Crippen molar-refractivity contribution >= 4 is 29.0 Å². The second-order valence-corrected chi connectivity index (χ2v) is 7.92. The van der Waals surface area contributed by atoms with Gasteiger partial charge in [0.2, 0.25) is 5.91 Å². The molecule has 9 heteroatoms. The zero-order valence-electron chi connectivity index (χ0n) is 18.0. The van der Waals surface area contributed by atoms with Gasteiger partial charge in [0.05, 0.1) is 20.0 Å². The lowest BCUT2D eigenvalue weighted by Gasteiger charge is -2.09. The molecule has 0 aliphatic carbocycles. The van der Waals surface area contributed by atoms with Gasteiger partial charge >= 0.3 is 0 Å². The van der Waals surface area contributed by atoms with Crippen molar-refractivity contribution in [1.29, 1.82) is 0 Å². The first-order valence-corrected chi connectivity index (χ1v) is 11.1. The molecule has 2 heterocycles. The first-order valence-electron chi connectivity index (χ1n) is 10.1. The van der Waals surface area contributed by atoms with E-state index in [1.54, 1.807) is 18.7 Å². The third kappa shape index (κ3) is 4.67. The van der Waals surface area contributed by atoms with Gasteiger partial charge in [0.15, 0.2) is 23.0 Å². The van der Waals surface area contributed by atoms with E-state index in [-0.39, 0.29) is 11.7 Å². The monoisotopic (exact) mass is 449 g/mol. The van der Waals surface area contributed by atoms with Crippen LogP contribution in [0.3, 0.4) is 0 Å². The van der Waals surface area contributed by atoms with Gasteiger partial charge in [-0.1, -0.05) is 30.8 Å². The maximum absolute atomic E-state index is 12.4. The third-order valence-corrected chi connectivity index (χ3v) is 5.80. The Labute approximate surface area is 190 Å². The van der Waals surface area contributed by atoms with Gasteiger partial charge in [0.25, 0.3) is 0 Å². The van der Waals surface area contributed by atoms with Crippen LogP contribution in [-0.2, 0) is 11.2 Å². The minimum absolute atomic E-state index is 0.0926. The fourth-order valence-corrected chi connectivity index (χ4v) is 3.82. The first kappa shape index (κ1) is 21.6. The standard InChI is InChI=1S/C23H23N5O3S/c1-4-15-5-8-17(9-6-15)24-21(29)14-32-22-12-11-20-25-26-23(28(20)27-22)16-7-10-18(30-2)19(13-16)31-3/h5-13H,4,14H2,1-3H3,(H,24,29). The molecule has 4 rings (SSSR count). The highest BCUT2D eigenvalue weighted by Gasteiger charge is 2.14. The molecule has 0 radical (unpaired) electrons. The van der Waals surface area contributed by atoms with Crippen LogP contribution in [0, 0.1) is 0 Å². The Morgan fingerprint density at radius 3 is 2.50 bits per heavy atom. The molecule has 0 unspecified atom stereocenters. The average molecular weight is 450 g/mol. The van der Waals surface area contributed by atoms with E-state index in [0.717, 1.165) is 17.7 Å². The van der Waals surface area contributed by atoms with Gasteiger partial charge in [-0.2, -0.15) is 9.61 Å². The van der Waals surface area contributed by atoms with Crippen molar-refractivity contribution in [1.82, 2.24) is 19.8 Å². The SMILES string of the molecule is CCc1ccc(NC(=O)CSc2ccc3nnc(-c4ccc(OC)c(OC)c4)n3n2)cc1. The van der Waals surface area contributed by atoms with Crippen LogP contribution in [0.5, 0.6) is 11.5 Å². The van der Waals surface area contributed by atoms with Crippen LogP contribution in [-0.4, -0.2) is 45.7 Å². The molecule has 2 aromatic carbocycles. The molecule has 0 bridgehead atoms. The number of fused-ring (bicyclic) bond motifs is 1. The first-order chi connectivity index (χ1) is 15.6. The summed E-state index contributed by atoms with van der Waals surface area (Å²) in [7, 11) is 3.17. The maximum Gasteiger partial charge on any atom is 0.234 e. The number of aryl methyl sites for hydroxylation is 1. The summed E-state index contributed by atoms with van der Waals surface area (Å²) in [6.07, 6.45) is 0.965. The maximum atomic E-state index is 12.4. The van der Waals surface area contributed by atoms with Crippen LogP contribution in [0.15, 0.2) is 59.6 Å². The van der Waals surface area contributed by atoms with Crippen LogP contribution >= 0.6 is 11.8 Å². The number of methoxy groups -OCH3 is 2. The fourth-order valence-electron chi connectivity index (χ4n) is 3.16. The summed E-state index contributed by atoms with van der Waals surface area (Å²) in [5.74, 6) is 1.94. The quantitative estimate of drug-likeness (QED) is 0.405. The van der Waals surface area contributed by atoms with E-state index in [1.165, 1.54) is 17.3 Å². The summed E-state index contributed by atoms with van der Waals surface area (Å²) in [4.78, 5) is 12.4. The Balaban J connectivity index is 1.49. The van der Waals surface area contributed by atoms with Crippen LogP contribution in [0.1, 0.15) is 12.5 Å². The van der Waals surface area contributed by atoms with Crippen molar-refractivity contribution in [3.8, 4) is 22.9 Å². The number of nitrogens with zero attached hydrogens (tertiary/aromatic N) is 4. The van der Waals surface area contributed by atoms with E-state index < -0.39 is 0 Å². The van der Waals surface area contributed by atoms with Crippen molar-refractivity contribution in [2.75, 3.05) is 25.3 Å². The van der Waals surface area contributed by atoms with E-state index >= 15 is 0 Å². The van der Waals surface area contributed by atoms with E-state index in [2.05, 4.69) is 27.5 Å². The van der Waals surface area contributed by atoms with E-state index in [1.807, 2.05) is 54.6 Å². The van der Waals surface area contributed by atoms with Gasteiger partial charge in [-0.25, -0.2) is 0 Å². The molecule has 2 aromatic heterocycles. The van der Waals surface area contributed by atoms with Crippen LogP contribution < -0.4 is 14.8 Å². The molecule has 164 valence electrons. The number of benzene rings is 2. The molecule has 0 aliphatic rings. The number of rotatable bonds is 8. The van der Waals surface area contributed by atoms with Crippen LogP contribution in [0.25, 0.3) is 17.0 Å². The molecule has 4 aromatic rings. The number of hydrogen-bond acceptors (Lipinski definition) is 7. The molecule has 0 saturated carbocycles. The lowest BCUT2D eigenvalue weighted by molar-refractivity contribution is -0.113. The largest absolute Gasteiger partial charge is 0.493 e.